The van der Waals surface area contributed by atoms with Gasteiger partial charge < -0.3 is 24.4 Å². The maximum Gasteiger partial charge on any atom is 0.265 e. The number of amides is 2. The second-order valence-corrected chi connectivity index (χ2v) is 15.1. The van der Waals surface area contributed by atoms with Gasteiger partial charge in [0.2, 0.25) is 11.8 Å². The molecule has 14 heteroatoms. The number of nitrogens with zero attached hydrogens (tertiary/aromatic N) is 2. The molecule has 0 unspecified atom stereocenters. The number of carbonyl (C=O) groups is 2. The Morgan fingerprint density at radius 2 is 1.41 bits per heavy atom. The fraction of sp³-hybridized carbons (Fsp3) is 0.297. The zero-order chi connectivity index (χ0) is 37.3. The van der Waals surface area contributed by atoms with Crippen LogP contribution in [0.2, 0.25) is 15.1 Å². The quantitative estimate of drug-likeness (QED) is 0.127. The molecule has 0 heterocycles. The zero-order valence-electron chi connectivity index (χ0n) is 28.9. The minimum absolute atomic E-state index is 0.00137. The molecule has 0 spiro atoms. The fourth-order valence-electron chi connectivity index (χ4n) is 5.29. The monoisotopic (exact) mass is 775 g/mol. The largest absolute Gasteiger partial charge is 0.495 e. The Kier molecular flexibility index (Phi) is 13.9. The van der Waals surface area contributed by atoms with Gasteiger partial charge in [0.05, 0.1) is 31.9 Å². The van der Waals surface area contributed by atoms with Gasteiger partial charge >= 0.3 is 0 Å². The second kappa shape index (κ2) is 17.9. The van der Waals surface area contributed by atoms with E-state index >= 15 is 0 Å². The molecule has 4 aromatic carbocycles. The average molecular weight is 777 g/mol. The van der Waals surface area contributed by atoms with Gasteiger partial charge in [0.25, 0.3) is 10.0 Å². The number of nitrogens with one attached hydrogen (secondary N) is 1. The van der Waals surface area contributed by atoms with Gasteiger partial charge in [0.15, 0.2) is 11.5 Å². The first-order valence-corrected chi connectivity index (χ1v) is 18.5. The van der Waals surface area contributed by atoms with E-state index in [9.17, 15) is 18.0 Å². The van der Waals surface area contributed by atoms with Crippen molar-refractivity contribution in [3.05, 3.63) is 111 Å². The molecule has 1 atom stereocenters. The highest BCUT2D eigenvalue weighted by atomic mass is 35.5. The predicted octanol–water partition coefficient (Wildman–Crippen LogP) is 7.28. The van der Waals surface area contributed by atoms with Gasteiger partial charge in [-0.2, -0.15) is 0 Å². The lowest BCUT2D eigenvalue weighted by Gasteiger charge is -2.34. The van der Waals surface area contributed by atoms with E-state index in [-0.39, 0.29) is 51.0 Å². The highest BCUT2D eigenvalue weighted by molar-refractivity contribution is 7.92. The molecule has 0 bridgehead atoms. The highest BCUT2D eigenvalue weighted by Gasteiger charge is 2.36. The topological polar surface area (TPSA) is 114 Å². The van der Waals surface area contributed by atoms with Gasteiger partial charge in [0, 0.05) is 40.6 Å². The summed E-state index contributed by atoms with van der Waals surface area (Å²) in [6.45, 7) is 3.38. The van der Waals surface area contributed by atoms with Gasteiger partial charge in [-0.15, -0.1) is 0 Å². The van der Waals surface area contributed by atoms with Gasteiger partial charge in [-0.05, 0) is 59.5 Å². The molecule has 51 heavy (non-hydrogen) atoms. The van der Waals surface area contributed by atoms with Gasteiger partial charge in [-0.25, -0.2) is 8.42 Å². The second-order valence-electron chi connectivity index (χ2n) is 11.9. The molecule has 0 aliphatic heterocycles. The zero-order valence-corrected chi connectivity index (χ0v) is 31.9. The smallest absolute Gasteiger partial charge is 0.265 e. The van der Waals surface area contributed by atoms with Crippen LogP contribution in [0.15, 0.2) is 89.8 Å². The molecule has 0 fully saturated rings. The Bertz CT molecular complexity index is 1950. The first-order chi connectivity index (χ1) is 24.3. The molecule has 0 saturated heterocycles. The van der Waals surface area contributed by atoms with Crippen molar-refractivity contribution in [1.29, 1.82) is 0 Å². The third-order valence-corrected chi connectivity index (χ3v) is 10.5. The number of halogens is 3. The van der Waals surface area contributed by atoms with Crippen LogP contribution in [0.3, 0.4) is 0 Å². The number of benzene rings is 4. The minimum atomic E-state index is -4.53. The summed E-state index contributed by atoms with van der Waals surface area (Å²) >= 11 is 19.2. The Balaban J connectivity index is 1.90. The van der Waals surface area contributed by atoms with E-state index in [0.29, 0.717) is 22.9 Å². The van der Waals surface area contributed by atoms with Crippen molar-refractivity contribution in [3.8, 4) is 17.2 Å². The SMILES string of the molecule is COc1ccc(S(=O)(=O)N(CC(=O)N(Cc2ccc(Cl)cc2Cl)[C@H](Cc2ccccc2)C(=O)NCC(C)C)c2cc(Cl)ccc2OC)cc1OC. The van der Waals surface area contributed by atoms with Crippen LogP contribution in [-0.2, 0) is 32.6 Å². The molecule has 1 N–H and O–H groups in total. The number of rotatable bonds is 16. The lowest BCUT2D eigenvalue weighted by Crippen LogP contribution is -2.53. The van der Waals surface area contributed by atoms with Crippen molar-refractivity contribution < 1.29 is 32.2 Å². The van der Waals surface area contributed by atoms with Crippen LogP contribution in [0.4, 0.5) is 5.69 Å². The Labute approximate surface area is 314 Å². The molecular formula is C37H40Cl3N3O7S. The number of hydrogen-bond donors (Lipinski definition) is 1. The molecule has 2 amide bonds. The maximum absolute atomic E-state index is 14.8. The van der Waals surface area contributed by atoms with Crippen molar-refractivity contribution in [3.63, 3.8) is 0 Å². The van der Waals surface area contributed by atoms with Crippen molar-refractivity contribution in [2.45, 2.75) is 37.8 Å². The lowest BCUT2D eigenvalue weighted by molar-refractivity contribution is -0.140. The molecule has 272 valence electrons. The van der Waals surface area contributed by atoms with Gasteiger partial charge in [-0.3, -0.25) is 13.9 Å². The molecule has 0 saturated carbocycles. The van der Waals surface area contributed by atoms with Crippen LogP contribution in [-0.4, -0.2) is 65.6 Å². The van der Waals surface area contributed by atoms with E-state index in [1.807, 2.05) is 44.2 Å². The molecule has 0 aromatic heterocycles. The van der Waals surface area contributed by atoms with Crippen molar-refractivity contribution in [2.75, 3.05) is 38.7 Å². The van der Waals surface area contributed by atoms with Gasteiger partial charge in [0.1, 0.15) is 18.3 Å². The van der Waals surface area contributed by atoms with E-state index in [0.717, 1.165) is 9.87 Å². The van der Waals surface area contributed by atoms with Crippen LogP contribution in [0.5, 0.6) is 17.2 Å². The van der Waals surface area contributed by atoms with Crippen molar-refractivity contribution in [1.82, 2.24) is 10.2 Å². The lowest BCUT2D eigenvalue weighted by atomic mass is 10.0. The maximum atomic E-state index is 14.8. The normalized spacial score (nSPS) is 11.9. The summed E-state index contributed by atoms with van der Waals surface area (Å²) in [6.07, 6.45) is 0.130. The summed E-state index contributed by atoms with van der Waals surface area (Å²) in [4.78, 5) is 30.0. The van der Waals surface area contributed by atoms with E-state index in [1.54, 1.807) is 12.1 Å². The summed E-state index contributed by atoms with van der Waals surface area (Å²) in [5.41, 5.74) is 1.29. The molecule has 0 radical (unpaired) electrons. The van der Waals surface area contributed by atoms with Crippen LogP contribution in [0.1, 0.15) is 25.0 Å². The average Bonchev–Trinajstić information content (AvgIpc) is 3.11. The van der Waals surface area contributed by atoms with Crippen molar-refractivity contribution in [2.24, 2.45) is 5.92 Å². The van der Waals surface area contributed by atoms with Crippen LogP contribution in [0, 0.1) is 5.92 Å². The Morgan fingerprint density at radius 3 is 2.04 bits per heavy atom. The summed E-state index contributed by atoms with van der Waals surface area (Å²) in [5.74, 6) is -0.390. The van der Waals surface area contributed by atoms with Crippen LogP contribution in [0.25, 0.3) is 0 Å². The number of hydrogen-bond acceptors (Lipinski definition) is 7. The molecule has 4 aromatic rings. The van der Waals surface area contributed by atoms with E-state index in [2.05, 4.69) is 5.32 Å². The fourth-order valence-corrected chi connectivity index (χ4v) is 7.35. The molecule has 4 rings (SSSR count). The van der Waals surface area contributed by atoms with E-state index in [1.165, 1.54) is 68.7 Å². The molecular weight excluding hydrogens is 737 g/mol. The van der Waals surface area contributed by atoms with E-state index in [4.69, 9.17) is 49.0 Å². The Morgan fingerprint density at radius 1 is 0.784 bits per heavy atom. The van der Waals surface area contributed by atoms with Crippen LogP contribution < -0.4 is 23.8 Å². The first-order valence-electron chi connectivity index (χ1n) is 15.9. The summed E-state index contributed by atoms with van der Waals surface area (Å²) in [6, 6.07) is 21.5. The number of methoxy groups -OCH3 is 3. The third-order valence-electron chi connectivity index (χ3n) is 7.94. The minimum Gasteiger partial charge on any atom is -0.495 e. The van der Waals surface area contributed by atoms with E-state index < -0.39 is 34.4 Å². The first kappa shape index (κ1) is 39.6. The summed E-state index contributed by atoms with van der Waals surface area (Å²) in [5, 5.41) is 3.81. The van der Waals surface area contributed by atoms with Crippen LogP contribution >= 0.6 is 34.8 Å². The Hall–Kier alpha value is -4.16. The summed E-state index contributed by atoms with van der Waals surface area (Å²) < 4.78 is 46.4. The number of ether oxygens (including phenoxy) is 3. The number of anilines is 1. The third kappa shape index (κ3) is 10.0. The molecule has 0 aliphatic rings. The predicted molar refractivity (Wildman–Crippen MR) is 201 cm³/mol. The van der Waals surface area contributed by atoms with Crippen molar-refractivity contribution >= 4 is 62.3 Å². The molecule has 0 aliphatic carbocycles. The number of sulfonamides is 1. The van der Waals surface area contributed by atoms with Gasteiger partial charge in [-0.1, -0.05) is 85.0 Å². The molecule has 10 nitrogen and oxygen atoms in total. The number of carbonyl (C=O) groups excluding carboxylic acids is 2. The highest BCUT2D eigenvalue weighted by Crippen LogP contribution is 2.37. The summed E-state index contributed by atoms with van der Waals surface area (Å²) in [7, 11) is -0.350. The standard InChI is InChI=1S/C37H40Cl3N3O7S/c1-24(2)21-41-37(45)32(17-25-9-7-6-8-10-25)42(22-26-11-12-27(38)18-30(26)40)36(44)23-43(31-19-28(39)13-15-33(31)48-3)51(46,47)29-14-16-34(49-4)35(20-29)50-5/h6-16,18-20,24,32H,17,21-23H2,1-5H3,(H,41,45)/t32-/m1/s1.